The van der Waals surface area contributed by atoms with Crippen LogP contribution in [0.3, 0.4) is 0 Å². The molecule has 0 saturated heterocycles. The molecule has 0 radical (unpaired) electrons. The van der Waals surface area contributed by atoms with Crippen LogP contribution in [0.1, 0.15) is 18.1 Å². The first-order chi connectivity index (χ1) is 11.5. The predicted molar refractivity (Wildman–Crippen MR) is 94.3 cm³/mol. The Labute approximate surface area is 143 Å². The molecule has 5 nitrogen and oxygen atoms in total. The van der Waals surface area contributed by atoms with E-state index >= 15 is 0 Å². The molecular weight excluding hydrogens is 326 g/mol. The number of hydrogen-bond acceptors (Lipinski definition) is 4. The number of rotatable bonds is 8. The SMILES string of the molecule is CCc1ccc(S(=O)(=O)NCCc2cc(OC)ccc2OC)cc1. The Balaban J connectivity index is 2.04. The van der Waals surface area contributed by atoms with E-state index in [1.807, 2.05) is 37.3 Å². The molecule has 1 N–H and O–H groups in total. The van der Waals surface area contributed by atoms with Gasteiger partial charge in [0.15, 0.2) is 0 Å². The monoisotopic (exact) mass is 349 g/mol. The van der Waals surface area contributed by atoms with Gasteiger partial charge in [-0.05, 0) is 54.3 Å². The lowest BCUT2D eigenvalue weighted by Crippen LogP contribution is -2.26. The fourth-order valence-corrected chi connectivity index (χ4v) is 3.42. The number of methoxy groups -OCH3 is 2. The third kappa shape index (κ3) is 4.49. The molecule has 0 bridgehead atoms. The van der Waals surface area contributed by atoms with Crippen molar-refractivity contribution in [2.45, 2.75) is 24.7 Å². The van der Waals surface area contributed by atoms with Crippen LogP contribution in [0.5, 0.6) is 11.5 Å². The van der Waals surface area contributed by atoms with Crippen molar-refractivity contribution in [3.63, 3.8) is 0 Å². The highest BCUT2D eigenvalue weighted by Gasteiger charge is 2.14. The smallest absolute Gasteiger partial charge is 0.240 e. The maximum absolute atomic E-state index is 12.3. The molecular formula is C18H23NO4S. The fraction of sp³-hybridized carbons (Fsp3) is 0.333. The van der Waals surface area contributed by atoms with E-state index in [0.717, 1.165) is 17.5 Å². The van der Waals surface area contributed by atoms with Gasteiger partial charge in [-0.15, -0.1) is 0 Å². The Hall–Kier alpha value is -2.05. The number of benzene rings is 2. The minimum absolute atomic E-state index is 0.275. The average molecular weight is 349 g/mol. The van der Waals surface area contributed by atoms with Gasteiger partial charge in [-0.25, -0.2) is 13.1 Å². The minimum atomic E-state index is -3.51. The van der Waals surface area contributed by atoms with Crippen LogP contribution in [0, 0.1) is 0 Å². The summed E-state index contributed by atoms with van der Waals surface area (Å²) in [7, 11) is -0.333. The molecule has 6 heteroatoms. The minimum Gasteiger partial charge on any atom is -0.497 e. The van der Waals surface area contributed by atoms with E-state index in [-0.39, 0.29) is 11.4 Å². The zero-order valence-electron chi connectivity index (χ0n) is 14.2. The molecule has 0 heterocycles. The summed E-state index contributed by atoms with van der Waals surface area (Å²) >= 11 is 0. The molecule has 24 heavy (non-hydrogen) atoms. The predicted octanol–water partition coefficient (Wildman–Crippen LogP) is 2.79. The molecule has 0 aromatic heterocycles. The van der Waals surface area contributed by atoms with Gasteiger partial charge in [0.1, 0.15) is 11.5 Å². The second kappa shape index (κ2) is 8.17. The average Bonchev–Trinajstić information content (AvgIpc) is 2.61. The molecule has 0 amide bonds. The van der Waals surface area contributed by atoms with Gasteiger partial charge in [-0.3, -0.25) is 0 Å². The molecule has 0 aliphatic heterocycles. The van der Waals surface area contributed by atoms with Gasteiger partial charge in [-0.2, -0.15) is 0 Å². The Kier molecular flexibility index (Phi) is 6.23. The van der Waals surface area contributed by atoms with E-state index < -0.39 is 10.0 Å². The summed E-state index contributed by atoms with van der Waals surface area (Å²) in [5.74, 6) is 1.42. The standard InChI is InChI=1S/C18H23NO4S/c1-4-14-5-8-17(9-6-14)24(20,21)19-12-11-15-13-16(22-2)7-10-18(15)23-3/h5-10,13,19H,4,11-12H2,1-3H3. The van der Waals surface area contributed by atoms with Crippen LogP contribution in [0.25, 0.3) is 0 Å². The first-order valence-corrected chi connectivity index (χ1v) is 9.28. The second-order valence-corrected chi connectivity index (χ2v) is 7.09. The van der Waals surface area contributed by atoms with Gasteiger partial charge in [0.2, 0.25) is 10.0 Å². The van der Waals surface area contributed by atoms with Crippen molar-refractivity contribution in [1.82, 2.24) is 4.72 Å². The number of nitrogens with one attached hydrogen (secondary N) is 1. The van der Waals surface area contributed by atoms with E-state index in [1.165, 1.54) is 0 Å². The van der Waals surface area contributed by atoms with Crippen molar-refractivity contribution in [1.29, 1.82) is 0 Å². The largest absolute Gasteiger partial charge is 0.497 e. The van der Waals surface area contributed by atoms with Gasteiger partial charge in [0.05, 0.1) is 19.1 Å². The quantitative estimate of drug-likeness (QED) is 0.796. The van der Waals surface area contributed by atoms with Crippen LogP contribution in [0.2, 0.25) is 0 Å². The Morgan fingerprint density at radius 1 is 1.00 bits per heavy atom. The van der Waals surface area contributed by atoms with Crippen LogP contribution in [0.4, 0.5) is 0 Å². The lowest BCUT2D eigenvalue weighted by Gasteiger charge is -2.11. The molecule has 2 rings (SSSR count). The van der Waals surface area contributed by atoms with E-state index in [2.05, 4.69) is 4.72 Å². The topological polar surface area (TPSA) is 64.6 Å². The maximum Gasteiger partial charge on any atom is 0.240 e. The lowest BCUT2D eigenvalue weighted by molar-refractivity contribution is 0.398. The molecule has 2 aromatic carbocycles. The normalized spacial score (nSPS) is 11.3. The fourth-order valence-electron chi connectivity index (χ4n) is 2.38. The molecule has 0 unspecified atom stereocenters. The first kappa shape index (κ1) is 18.3. The zero-order chi connectivity index (χ0) is 17.6. The summed E-state index contributed by atoms with van der Waals surface area (Å²) in [5.41, 5.74) is 2.00. The van der Waals surface area contributed by atoms with Crippen LogP contribution in [0.15, 0.2) is 47.4 Å². The lowest BCUT2D eigenvalue weighted by atomic mass is 10.1. The highest BCUT2D eigenvalue weighted by Crippen LogP contribution is 2.24. The summed E-state index contributed by atoms with van der Waals surface area (Å²) in [6.45, 7) is 2.31. The van der Waals surface area contributed by atoms with Crippen molar-refractivity contribution < 1.29 is 17.9 Å². The van der Waals surface area contributed by atoms with Gasteiger partial charge >= 0.3 is 0 Å². The number of ether oxygens (including phenoxy) is 2. The third-order valence-electron chi connectivity index (χ3n) is 3.82. The Morgan fingerprint density at radius 2 is 1.71 bits per heavy atom. The van der Waals surface area contributed by atoms with Crippen molar-refractivity contribution >= 4 is 10.0 Å². The Morgan fingerprint density at radius 3 is 2.29 bits per heavy atom. The summed E-state index contributed by atoms with van der Waals surface area (Å²) in [4.78, 5) is 0.275. The molecule has 0 saturated carbocycles. The van der Waals surface area contributed by atoms with Crippen molar-refractivity contribution in [2.24, 2.45) is 0 Å². The van der Waals surface area contributed by atoms with Crippen LogP contribution in [-0.4, -0.2) is 29.2 Å². The van der Waals surface area contributed by atoms with Gasteiger partial charge in [-0.1, -0.05) is 19.1 Å². The van der Waals surface area contributed by atoms with E-state index in [0.29, 0.717) is 17.9 Å². The summed E-state index contributed by atoms with van der Waals surface area (Å²) in [6.07, 6.45) is 1.38. The van der Waals surface area contributed by atoms with Crippen molar-refractivity contribution in [3.8, 4) is 11.5 Å². The van der Waals surface area contributed by atoms with Crippen molar-refractivity contribution in [3.05, 3.63) is 53.6 Å². The number of aryl methyl sites for hydroxylation is 1. The van der Waals surface area contributed by atoms with E-state index in [9.17, 15) is 8.42 Å². The second-order valence-electron chi connectivity index (χ2n) is 5.32. The molecule has 0 aliphatic rings. The summed E-state index contributed by atoms with van der Waals surface area (Å²) in [5, 5.41) is 0. The number of hydrogen-bond donors (Lipinski definition) is 1. The molecule has 0 aliphatic carbocycles. The Bertz CT molecular complexity index is 770. The molecule has 0 spiro atoms. The third-order valence-corrected chi connectivity index (χ3v) is 5.29. The van der Waals surface area contributed by atoms with Gasteiger partial charge in [0, 0.05) is 6.54 Å². The van der Waals surface area contributed by atoms with Gasteiger partial charge in [0.25, 0.3) is 0 Å². The first-order valence-electron chi connectivity index (χ1n) is 7.79. The molecule has 2 aromatic rings. The van der Waals surface area contributed by atoms with Crippen LogP contribution in [-0.2, 0) is 22.9 Å². The van der Waals surface area contributed by atoms with Crippen molar-refractivity contribution in [2.75, 3.05) is 20.8 Å². The maximum atomic E-state index is 12.3. The van der Waals surface area contributed by atoms with E-state index in [4.69, 9.17) is 9.47 Å². The molecule has 0 fully saturated rings. The van der Waals surface area contributed by atoms with E-state index in [1.54, 1.807) is 26.4 Å². The van der Waals surface area contributed by atoms with Gasteiger partial charge < -0.3 is 9.47 Å². The zero-order valence-corrected chi connectivity index (χ0v) is 15.0. The molecule has 130 valence electrons. The van der Waals surface area contributed by atoms with Crippen LogP contribution >= 0.6 is 0 Å². The highest BCUT2D eigenvalue weighted by atomic mass is 32.2. The highest BCUT2D eigenvalue weighted by molar-refractivity contribution is 7.89. The van der Waals surface area contributed by atoms with Crippen LogP contribution < -0.4 is 14.2 Å². The molecule has 0 atom stereocenters. The summed E-state index contributed by atoms with van der Waals surface area (Å²) in [6, 6.07) is 12.4. The summed E-state index contributed by atoms with van der Waals surface area (Å²) < 4.78 is 37.8. The number of sulfonamides is 1.